The maximum atomic E-state index is 5.50. The Morgan fingerprint density at radius 2 is 2.20 bits per heavy atom. The molecule has 0 radical (unpaired) electrons. The van der Waals surface area contributed by atoms with E-state index in [1.54, 1.807) is 0 Å². The van der Waals surface area contributed by atoms with Gasteiger partial charge in [0.05, 0.1) is 12.0 Å². The number of hydrogen-bond acceptors (Lipinski definition) is 4. The molecule has 4 nitrogen and oxygen atoms in total. The first-order valence-corrected chi connectivity index (χ1v) is 7.46. The van der Waals surface area contributed by atoms with Crippen LogP contribution < -0.4 is 5.32 Å². The maximum Gasteiger partial charge on any atom is 0.243 e. The molecule has 2 aliphatic rings. The topological polar surface area (TPSA) is 51.0 Å². The number of piperidine rings is 1. The number of hydrogen-bond donors (Lipinski definition) is 1. The summed E-state index contributed by atoms with van der Waals surface area (Å²) in [5.41, 5.74) is 2.76. The number of nitrogens with one attached hydrogen (secondary N) is 1. The molecule has 0 bridgehead atoms. The summed E-state index contributed by atoms with van der Waals surface area (Å²) in [7, 11) is 0. The second-order valence-corrected chi connectivity index (χ2v) is 6.08. The Bertz CT molecular complexity index is 622. The minimum absolute atomic E-state index is 0.232. The lowest BCUT2D eigenvalue weighted by Gasteiger charge is -2.27. The van der Waals surface area contributed by atoms with Crippen LogP contribution in [-0.2, 0) is 6.42 Å². The normalized spacial score (nSPS) is 28.8. The van der Waals surface area contributed by atoms with Crippen molar-refractivity contribution in [3.8, 4) is 0 Å². The molecule has 20 heavy (non-hydrogen) atoms. The smallest absolute Gasteiger partial charge is 0.243 e. The Kier molecular flexibility index (Phi) is 2.84. The minimum atomic E-state index is 0.232. The van der Waals surface area contributed by atoms with Gasteiger partial charge in [0.15, 0.2) is 5.82 Å². The zero-order valence-electron chi connectivity index (χ0n) is 11.7. The summed E-state index contributed by atoms with van der Waals surface area (Å²) < 4.78 is 5.50. The monoisotopic (exact) mass is 269 g/mol. The van der Waals surface area contributed by atoms with E-state index in [4.69, 9.17) is 4.52 Å². The highest BCUT2D eigenvalue weighted by molar-refractivity contribution is 5.43. The molecule has 0 amide bonds. The van der Waals surface area contributed by atoms with E-state index in [2.05, 4.69) is 46.6 Å². The van der Waals surface area contributed by atoms with Crippen LogP contribution in [0.4, 0.5) is 0 Å². The van der Waals surface area contributed by atoms with Crippen LogP contribution in [0.15, 0.2) is 28.8 Å². The average molecular weight is 269 g/mol. The summed E-state index contributed by atoms with van der Waals surface area (Å²) in [5.74, 6) is 2.65. The molecule has 3 unspecified atom stereocenters. The van der Waals surface area contributed by atoms with Crippen molar-refractivity contribution in [2.75, 3.05) is 6.54 Å². The maximum absolute atomic E-state index is 5.50. The Labute approximate surface area is 118 Å². The highest BCUT2D eigenvalue weighted by Gasteiger charge is 2.32. The van der Waals surface area contributed by atoms with Gasteiger partial charge in [0.25, 0.3) is 0 Å². The van der Waals surface area contributed by atoms with E-state index in [0.717, 1.165) is 37.0 Å². The summed E-state index contributed by atoms with van der Waals surface area (Å²) in [4.78, 5) is 4.65. The largest absolute Gasteiger partial charge is 0.338 e. The molecule has 3 atom stereocenters. The van der Waals surface area contributed by atoms with Gasteiger partial charge in [-0.2, -0.15) is 4.98 Å². The van der Waals surface area contributed by atoms with Crippen molar-refractivity contribution in [1.29, 1.82) is 0 Å². The number of rotatable bonds is 2. The third-order valence-corrected chi connectivity index (χ3v) is 4.59. The summed E-state index contributed by atoms with van der Waals surface area (Å²) >= 11 is 0. The molecule has 1 saturated heterocycles. The molecule has 1 aromatic heterocycles. The van der Waals surface area contributed by atoms with Crippen LogP contribution >= 0.6 is 0 Å². The van der Waals surface area contributed by atoms with Crippen molar-refractivity contribution >= 4 is 0 Å². The third kappa shape index (κ3) is 1.95. The standard InChI is InChI=1S/C16H19N3O/c1-10-6-7-17-14(8-10)16-18-15(19-20-16)13-9-11-4-2-3-5-12(11)13/h2-5,10,13-14,17H,6-9H2,1H3. The van der Waals surface area contributed by atoms with Crippen molar-refractivity contribution < 1.29 is 4.52 Å². The van der Waals surface area contributed by atoms with Gasteiger partial charge in [0.2, 0.25) is 5.89 Å². The molecule has 0 spiro atoms. The average Bonchev–Trinajstić information content (AvgIpc) is 2.90. The third-order valence-electron chi connectivity index (χ3n) is 4.59. The Morgan fingerprint density at radius 3 is 3.05 bits per heavy atom. The SMILES string of the molecule is CC1CCNC(c2nc(C3Cc4ccccc43)no2)C1. The first-order chi connectivity index (χ1) is 9.81. The molecule has 4 rings (SSSR count). The van der Waals surface area contributed by atoms with E-state index < -0.39 is 0 Å². The van der Waals surface area contributed by atoms with E-state index >= 15 is 0 Å². The number of aromatic nitrogens is 2. The molecule has 0 saturated carbocycles. The molecule has 2 aromatic rings. The zero-order chi connectivity index (χ0) is 13.5. The summed E-state index contributed by atoms with van der Waals surface area (Å²) in [5, 5.41) is 7.69. The second kappa shape index (κ2) is 4.70. The van der Waals surface area contributed by atoms with Crippen molar-refractivity contribution in [3.05, 3.63) is 47.1 Å². The lowest BCUT2D eigenvalue weighted by atomic mass is 9.77. The van der Waals surface area contributed by atoms with Crippen LogP contribution in [0, 0.1) is 5.92 Å². The number of nitrogens with zero attached hydrogens (tertiary/aromatic N) is 2. The molecular formula is C16H19N3O. The second-order valence-electron chi connectivity index (χ2n) is 6.08. The van der Waals surface area contributed by atoms with Crippen LogP contribution in [0.5, 0.6) is 0 Å². The molecular weight excluding hydrogens is 250 g/mol. The molecule has 1 aliphatic carbocycles. The first kappa shape index (κ1) is 12.1. The lowest BCUT2D eigenvalue weighted by molar-refractivity contribution is 0.259. The first-order valence-electron chi connectivity index (χ1n) is 7.46. The van der Waals surface area contributed by atoms with Crippen molar-refractivity contribution in [1.82, 2.24) is 15.5 Å². The Morgan fingerprint density at radius 1 is 1.30 bits per heavy atom. The predicted molar refractivity (Wildman–Crippen MR) is 75.4 cm³/mol. The highest BCUT2D eigenvalue weighted by Crippen LogP contribution is 2.39. The molecule has 1 aromatic carbocycles. The minimum Gasteiger partial charge on any atom is -0.338 e. The van der Waals surface area contributed by atoms with E-state index in [9.17, 15) is 0 Å². The molecule has 104 valence electrons. The van der Waals surface area contributed by atoms with Gasteiger partial charge in [0.1, 0.15) is 0 Å². The van der Waals surface area contributed by atoms with Gasteiger partial charge < -0.3 is 9.84 Å². The Balaban J connectivity index is 1.55. The van der Waals surface area contributed by atoms with Crippen molar-refractivity contribution in [3.63, 3.8) is 0 Å². The van der Waals surface area contributed by atoms with E-state index in [1.165, 1.54) is 17.5 Å². The van der Waals surface area contributed by atoms with Crippen LogP contribution in [0.25, 0.3) is 0 Å². The summed E-state index contributed by atoms with van der Waals surface area (Å²) in [6, 6.07) is 8.74. The Hall–Kier alpha value is -1.68. The van der Waals surface area contributed by atoms with Gasteiger partial charge in [-0.05, 0) is 42.9 Å². The van der Waals surface area contributed by atoms with Crippen LogP contribution in [-0.4, -0.2) is 16.7 Å². The summed E-state index contributed by atoms with van der Waals surface area (Å²) in [6.45, 7) is 3.32. The lowest BCUT2D eigenvalue weighted by Crippen LogP contribution is -2.31. The quantitative estimate of drug-likeness (QED) is 0.910. The van der Waals surface area contributed by atoms with Gasteiger partial charge in [-0.3, -0.25) is 0 Å². The van der Waals surface area contributed by atoms with Crippen LogP contribution in [0.3, 0.4) is 0 Å². The van der Waals surface area contributed by atoms with E-state index in [-0.39, 0.29) is 6.04 Å². The van der Waals surface area contributed by atoms with Gasteiger partial charge in [-0.25, -0.2) is 0 Å². The highest BCUT2D eigenvalue weighted by atomic mass is 16.5. The van der Waals surface area contributed by atoms with Crippen LogP contribution in [0.1, 0.15) is 54.6 Å². The fourth-order valence-corrected chi connectivity index (χ4v) is 3.32. The number of benzene rings is 1. The van der Waals surface area contributed by atoms with Gasteiger partial charge in [-0.15, -0.1) is 0 Å². The molecule has 1 fully saturated rings. The molecule has 1 aliphatic heterocycles. The van der Waals surface area contributed by atoms with Gasteiger partial charge in [-0.1, -0.05) is 36.3 Å². The zero-order valence-corrected chi connectivity index (χ0v) is 11.7. The predicted octanol–water partition coefficient (Wildman–Crippen LogP) is 2.82. The van der Waals surface area contributed by atoms with E-state index in [1.807, 2.05) is 0 Å². The fourth-order valence-electron chi connectivity index (χ4n) is 3.32. The fraction of sp³-hybridized carbons (Fsp3) is 0.500. The van der Waals surface area contributed by atoms with Crippen LogP contribution in [0.2, 0.25) is 0 Å². The molecule has 4 heteroatoms. The van der Waals surface area contributed by atoms with Gasteiger partial charge >= 0.3 is 0 Å². The molecule has 2 heterocycles. The van der Waals surface area contributed by atoms with E-state index in [0.29, 0.717) is 5.92 Å². The number of fused-ring (bicyclic) bond motifs is 1. The van der Waals surface area contributed by atoms with Crippen molar-refractivity contribution in [2.24, 2.45) is 5.92 Å². The summed E-state index contributed by atoms with van der Waals surface area (Å²) in [6.07, 6.45) is 3.35. The van der Waals surface area contributed by atoms with Crippen molar-refractivity contribution in [2.45, 2.75) is 38.1 Å². The van der Waals surface area contributed by atoms with Gasteiger partial charge in [0, 0.05) is 0 Å². The molecule has 1 N–H and O–H groups in total.